The molecule has 0 unspecified atom stereocenters. The number of morpholine rings is 1. The second-order valence-corrected chi connectivity index (χ2v) is 8.81. The Morgan fingerprint density at radius 1 is 1.16 bits per heavy atom. The van der Waals surface area contributed by atoms with E-state index in [4.69, 9.17) is 21.3 Å². The highest BCUT2D eigenvalue weighted by Crippen LogP contribution is 2.37. The molecule has 0 radical (unpaired) electrons. The summed E-state index contributed by atoms with van der Waals surface area (Å²) in [5.41, 5.74) is 0.511. The van der Waals surface area contributed by atoms with Gasteiger partial charge in [-0.1, -0.05) is 24.4 Å². The van der Waals surface area contributed by atoms with Gasteiger partial charge in [0.15, 0.2) is 5.52 Å². The van der Waals surface area contributed by atoms with Gasteiger partial charge in [-0.05, 0) is 38.0 Å². The molecule has 1 spiro atoms. The molecular weight excluding hydrogens is 421 g/mol. The SMILES string of the molecule is Cc1nc2c(-c3ccc(Cl)cc3F)nc(N3CCOC4(CCCC4)C3)nc2c(=O)n1C. The van der Waals surface area contributed by atoms with Crippen LogP contribution in [0.1, 0.15) is 31.5 Å². The van der Waals surface area contributed by atoms with Crippen LogP contribution in [0, 0.1) is 12.7 Å². The molecule has 3 heterocycles. The molecule has 162 valence electrons. The number of fused-ring (bicyclic) bond motifs is 1. The van der Waals surface area contributed by atoms with E-state index < -0.39 is 5.82 Å². The van der Waals surface area contributed by atoms with Gasteiger partial charge < -0.3 is 9.64 Å². The molecule has 1 aliphatic carbocycles. The summed E-state index contributed by atoms with van der Waals surface area (Å²) in [6.45, 7) is 3.55. The number of benzene rings is 1. The molecule has 0 amide bonds. The molecule has 1 aromatic carbocycles. The van der Waals surface area contributed by atoms with Crippen LogP contribution >= 0.6 is 11.6 Å². The molecule has 5 rings (SSSR count). The largest absolute Gasteiger partial charge is 0.371 e. The third-order valence-corrected chi connectivity index (χ3v) is 6.61. The smallest absolute Gasteiger partial charge is 0.279 e. The van der Waals surface area contributed by atoms with Gasteiger partial charge in [0.05, 0.1) is 12.2 Å². The van der Waals surface area contributed by atoms with Crippen molar-refractivity contribution in [2.24, 2.45) is 7.05 Å². The van der Waals surface area contributed by atoms with Crippen LogP contribution in [-0.4, -0.2) is 44.8 Å². The predicted octanol–water partition coefficient (Wildman–Crippen LogP) is 3.64. The number of aryl methyl sites for hydroxylation is 1. The molecule has 2 aromatic heterocycles. The lowest BCUT2D eigenvalue weighted by atomic mass is 10.00. The number of halogens is 2. The van der Waals surface area contributed by atoms with Crippen molar-refractivity contribution in [2.75, 3.05) is 24.6 Å². The van der Waals surface area contributed by atoms with Crippen molar-refractivity contribution in [2.45, 2.75) is 38.2 Å². The molecule has 2 aliphatic rings. The lowest BCUT2D eigenvalue weighted by molar-refractivity contribution is -0.0505. The van der Waals surface area contributed by atoms with Crippen molar-refractivity contribution in [1.29, 1.82) is 0 Å². The first kappa shape index (κ1) is 20.3. The summed E-state index contributed by atoms with van der Waals surface area (Å²) in [6, 6.07) is 4.40. The summed E-state index contributed by atoms with van der Waals surface area (Å²) in [6.07, 6.45) is 4.27. The number of rotatable bonds is 2. The molecule has 1 saturated carbocycles. The molecule has 1 aliphatic heterocycles. The Hall–Kier alpha value is -2.58. The average Bonchev–Trinajstić information content (AvgIpc) is 3.19. The zero-order valence-corrected chi connectivity index (χ0v) is 18.2. The zero-order chi connectivity index (χ0) is 21.8. The van der Waals surface area contributed by atoms with Gasteiger partial charge in [0, 0.05) is 30.7 Å². The third-order valence-electron chi connectivity index (χ3n) is 6.37. The predicted molar refractivity (Wildman–Crippen MR) is 117 cm³/mol. The highest BCUT2D eigenvalue weighted by Gasteiger charge is 2.40. The number of aromatic nitrogens is 4. The van der Waals surface area contributed by atoms with Gasteiger partial charge in [-0.3, -0.25) is 9.36 Å². The van der Waals surface area contributed by atoms with E-state index >= 15 is 0 Å². The van der Waals surface area contributed by atoms with Gasteiger partial charge in [0.25, 0.3) is 5.56 Å². The summed E-state index contributed by atoms with van der Waals surface area (Å²) < 4.78 is 22.4. The van der Waals surface area contributed by atoms with Gasteiger partial charge >= 0.3 is 0 Å². The number of ether oxygens (including phenoxy) is 1. The van der Waals surface area contributed by atoms with Crippen molar-refractivity contribution < 1.29 is 9.13 Å². The Labute approximate surface area is 183 Å². The van der Waals surface area contributed by atoms with E-state index in [0.717, 1.165) is 25.7 Å². The Kier molecular flexibility index (Phi) is 4.94. The Balaban J connectivity index is 1.72. The monoisotopic (exact) mass is 443 g/mol. The topological polar surface area (TPSA) is 73.1 Å². The fraction of sp³-hybridized carbons (Fsp3) is 0.455. The molecular formula is C22H23ClFN5O2. The fourth-order valence-electron chi connectivity index (χ4n) is 4.59. The number of hydrogen-bond donors (Lipinski definition) is 0. The van der Waals surface area contributed by atoms with Crippen LogP contribution in [0.25, 0.3) is 22.3 Å². The Morgan fingerprint density at radius 2 is 1.94 bits per heavy atom. The summed E-state index contributed by atoms with van der Waals surface area (Å²) in [5, 5.41) is 0.288. The minimum absolute atomic E-state index is 0.175. The third kappa shape index (κ3) is 3.47. The van der Waals surface area contributed by atoms with E-state index in [1.165, 1.54) is 10.6 Å². The number of hydrogen-bond acceptors (Lipinski definition) is 6. The van der Waals surface area contributed by atoms with Crippen molar-refractivity contribution in [3.8, 4) is 11.3 Å². The van der Waals surface area contributed by atoms with Gasteiger partial charge in [-0.25, -0.2) is 19.3 Å². The standard InChI is InChI=1S/C22H23ClFN5O2/c1-13-25-18-17(15-6-5-14(23)11-16(15)24)26-21(27-19(18)20(30)28(13)2)29-9-10-31-22(12-29)7-3-4-8-22/h5-6,11H,3-4,7-10,12H2,1-2H3. The molecule has 0 N–H and O–H groups in total. The van der Waals surface area contributed by atoms with Crippen molar-refractivity contribution in [3.05, 3.63) is 45.2 Å². The molecule has 2 fully saturated rings. The molecule has 0 atom stereocenters. The lowest BCUT2D eigenvalue weighted by Gasteiger charge is -2.40. The molecule has 7 nitrogen and oxygen atoms in total. The zero-order valence-electron chi connectivity index (χ0n) is 17.5. The van der Waals surface area contributed by atoms with Crippen molar-refractivity contribution >= 4 is 28.6 Å². The first-order valence-electron chi connectivity index (χ1n) is 10.5. The molecule has 9 heteroatoms. The summed E-state index contributed by atoms with van der Waals surface area (Å²) in [7, 11) is 1.65. The highest BCUT2D eigenvalue weighted by atomic mass is 35.5. The number of anilines is 1. The molecule has 3 aromatic rings. The normalized spacial score (nSPS) is 18.3. The van der Waals surface area contributed by atoms with Crippen molar-refractivity contribution in [3.63, 3.8) is 0 Å². The van der Waals surface area contributed by atoms with Crippen LogP contribution in [0.15, 0.2) is 23.0 Å². The first-order chi connectivity index (χ1) is 14.9. The molecule has 1 saturated heterocycles. The first-order valence-corrected chi connectivity index (χ1v) is 10.8. The van der Waals surface area contributed by atoms with E-state index in [1.807, 2.05) is 4.90 Å². The van der Waals surface area contributed by atoms with Gasteiger partial charge in [-0.15, -0.1) is 0 Å². The van der Waals surface area contributed by atoms with E-state index in [9.17, 15) is 9.18 Å². The lowest BCUT2D eigenvalue weighted by Crippen LogP contribution is -2.51. The second-order valence-electron chi connectivity index (χ2n) is 8.38. The van der Waals surface area contributed by atoms with Crippen LogP contribution in [0.3, 0.4) is 0 Å². The molecule has 0 bridgehead atoms. The van der Waals surface area contributed by atoms with Gasteiger partial charge in [-0.2, -0.15) is 0 Å². The average molecular weight is 444 g/mol. The van der Waals surface area contributed by atoms with E-state index in [0.29, 0.717) is 37.2 Å². The van der Waals surface area contributed by atoms with Crippen LogP contribution in [-0.2, 0) is 11.8 Å². The number of nitrogens with zero attached hydrogens (tertiary/aromatic N) is 5. The van der Waals surface area contributed by atoms with Gasteiger partial charge in [0.2, 0.25) is 5.95 Å². The van der Waals surface area contributed by atoms with Crippen LogP contribution in [0.5, 0.6) is 0 Å². The second kappa shape index (κ2) is 7.53. The van der Waals surface area contributed by atoms with E-state index in [2.05, 4.69) is 9.97 Å². The summed E-state index contributed by atoms with van der Waals surface area (Å²) in [5.74, 6) is 0.378. The maximum absolute atomic E-state index is 14.9. The van der Waals surface area contributed by atoms with Crippen LogP contribution in [0.4, 0.5) is 10.3 Å². The van der Waals surface area contributed by atoms with Crippen LogP contribution in [0.2, 0.25) is 5.02 Å². The highest BCUT2D eigenvalue weighted by molar-refractivity contribution is 6.30. The van der Waals surface area contributed by atoms with E-state index in [1.54, 1.807) is 26.1 Å². The maximum atomic E-state index is 14.9. The Morgan fingerprint density at radius 3 is 2.68 bits per heavy atom. The Bertz CT molecular complexity index is 1240. The minimum Gasteiger partial charge on any atom is -0.371 e. The fourth-order valence-corrected chi connectivity index (χ4v) is 4.75. The summed E-state index contributed by atoms with van der Waals surface area (Å²) in [4.78, 5) is 28.9. The minimum atomic E-state index is -0.521. The molecule has 31 heavy (non-hydrogen) atoms. The van der Waals surface area contributed by atoms with Crippen LogP contribution < -0.4 is 10.5 Å². The maximum Gasteiger partial charge on any atom is 0.279 e. The quantitative estimate of drug-likeness (QED) is 0.602. The van der Waals surface area contributed by atoms with E-state index in [-0.39, 0.29) is 32.8 Å². The van der Waals surface area contributed by atoms with Crippen molar-refractivity contribution in [1.82, 2.24) is 19.5 Å². The summed E-state index contributed by atoms with van der Waals surface area (Å²) >= 11 is 5.95. The van der Waals surface area contributed by atoms with Gasteiger partial charge in [0.1, 0.15) is 22.9 Å².